The number of nitrogens with zero attached hydrogens (tertiary/aromatic N) is 3. The van der Waals surface area contributed by atoms with Crippen molar-refractivity contribution in [1.82, 2.24) is 4.98 Å². The summed E-state index contributed by atoms with van der Waals surface area (Å²) in [5.41, 5.74) is 0.463. The summed E-state index contributed by atoms with van der Waals surface area (Å²) < 4.78 is 6.17. The second kappa shape index (κ2) is 8.33. The van der Waals surface area contributed by atoms with Gasteiger partial charge in [0.05, 0.1) is 31.8 Å². The summed E-state index contributed by atoms with van der Waals surface area (Å²) in [5, 5.41) is 22.9. The molecule has 1 unspecified atom stereocenters. The van der Waals surface area contributed by atoms with E-state index < -0.39 is 28.4 Å². The average molecular weight is 510 g/mol. The largest absolute Gasteiger partial charge is 0.503 e. The van der Waals surface area contributed by atoms with Crippen LogP contribution in [0.3, 0.4) is 0 Å². The van der Waals surface area contributed by atoms with E-state index in [-0.39, 0.29) is 27.5 Å². The number of Topliss-reactive ketones (excluding diaryl/α,β-unsaturated/α-hetero) is 1. The number of benzene rings is 2. The van der Waals surface area contributed by atoms with Crippen LogP contribution < -0.4 is 4.90 Å². The zero-order valence-electron chi connectivity index (χ0n) is 18.3. The molecule has 35 heavy (non-hydrogen) atoms. The number of nitro benzene ring substituents is 1. The van der Waals surface area contributed by atoms with Crippen LogP contribution in [0.4, 0.5) is 10.8 Å². The molecule has 1 aliphatic heterocycles. The van der Waals surface area contributed by atoms with Crippen molar-refractivity contribution in [2.24, 2.45) is 0 Å². The molecule has 0 fully saturated rings. The average Bonchev–Trinajstić information content (AvgIpc) is 3.48. The number of aliphatic hydroxyl groups is 1. The van der Waals surface area contributed by atoms with Gasteiger partial charge < -0.3 is 9.52 Å². The maximum atomic E-state index is 13.6. The molecule has 0 saturated heterocycles. The third kappa shape index (κ3) is 3.67. The van der Waals surface area contributed by atoms with E-state index >= 15 is 0 Å². The Kier molecular flexibility index (Phi) is 5.42. The number of fused-ring (bicyclic) bond motifs is 1. The van der Waals surface area contributed by atoms with Crippen LogP contribution in [0.5, 0.6) is 0 Å². The molecule has 9 nitrogen and oxygen atoms in total. The molecular weight excluding hydrogens is 494 g/mol. The molecule has 5 rings (SSSR count). The lowest BCUT2D eigenvalue weighted by molar-refractivity contribution is -0.384. The molecule has 2 aromatic heterocycles. The fourth-order valence-electron chi connectivity index (χ4n) is 4.17. The number of furan rings is 1. The first-order valence-corrected chi connectivity index (χ1v) is 11.5. The van der Waals surface area contributed by atoms with Crippen LogP contribution in [-0.4, -0.2) is 26.7 Å². The van der Waals surface area contributed by atoms with Crippen molar-refractivity contribution >= 4 is 55.7 Å². The van der Waals surface area contributed by atoms with E-state index in [1.807, 2.05) is 0 Å². The Bertz CT molecular complexity index is 1590. The Labute approximate surface area is 207 Å². The molecule has 1 aliphatic rings. The molecule has 4 aromatic rings. The number of carbonyl (C=O) groups is 2. The number of thiazole rings is 1. The van der Waals surface area contributed by atoms with Gasteiger partial charge in [0.25, 0.3) is 11.6 Å². The van der Waals surface area contributed by atoms with Gasteiger partial charge in [-0.2, -0.15) is 0 Å². The number of aromatic nitrogens is 1. The molecule has 1 N–H and O–H groups in total. The number of aliphatic hydroxyl groups excluding tert-OH is 1. The minimum absolute atomic E-state index is 0.182. The lowest BCUT2D eigenvalue weighted by Gasteiger charge is -2.24. The number of amides is 1. The summed E-state index contributed by atoms with van der Waals surface area (Å²) >= 11 is 7.42. The van der Waals surface area contributed by atoms with Crippen LogP contribution in [0.15, 0.2) is 64.3 Å². The quantitative estimate of drug-likeness (QED) is 0.203. The highest BCUT2D eigenvalue weighted by Gasteiger charge is 2.46. The summed E-state index contributed by atoms with van der Waals surface area (Å²) in [6.07, 6.45) is 0. The number of aryl methyl sites for hydroxylation is 2. The van der Waals surface area contributed by atoms with E-state index in [0.717, 1.165) is 11.3 Å². The summed E-state index contributed by atoms with van der Waals surface area (Å²) in [6, 6.07) is 11.1. The third-order valence-electron chi connectivity index (χ3n) is 5.70. The Morgan fingerprint density at radius 2 is 1.97 bits per heavy atom. The van der Waals surface area contributed by atoms with Crippen LogP contribution in [-0.2, 0) is 4.79 Å². The predicted molar refractivity (Wildman–Crippen MR) is 130 cm³/mol. The standard InChI is InChI=1S/C24H16ClN3O6S/c1-11-9-15(12(2)34-11)21(29)18-20(13-5-3-6-14(10-13)28(32)33)27(23(31)22(18)30)24-26-19-16(25)7-4-8-17(19)35-24/h3-10,20,30H,1-2H3. The third-order valence-corrected chi connectivity index (χ3v) is 7.02. The zero-order valence-corrected chi connectivity index (χ0v) is 19.9. The fraction of sp³-hybridized carbons (Fsp3) is 0.125. The van der Waals surface area contributed by atoms with Crippen molar-refractivity contribution in [2.45, 2.75) is 19.9 Å². The van der Waals surface area contributed by atoms with Crippen molar-refractivity contribution in [1.29, 1.82) is 0 Å². The summed E-state index contributed by atoms with van der Waals surface area (Å²) in [4.78, 5) is 43.5. The molecule has 1 atom stereocenters. The summed E-state index contributed by atoms with van der Waals surface area (Å²) in [7, 11) is 0. The van der Waals surface area contributed by atoms with Crippen LogP contribution in [0, 0.1) is 24.0 Å². The molecule has 0 spiro atoms. The normalized spacial score (nSPS) is 15.9. The van der Waals surface area contributed by atoms with Gasteiger partial charge in [0.1, 0.15) is 17.0 Å². The van der Waals surface area contributed by atoms with Crippen molar-refractivity contribution in [3.8, 4) is 0 Å². The second-order valence-electron chi connectivity index (χ2n) is 7.93. The molecule has 0 radical (unpaired) electrons. The molecule has 1 amide bonds. The summed E-state index contributed by atoms with van der Waals surface area (Å²) in [6.45, 7) is 3.28. The Morgan fingerprint density at radius 3 is 2.63 bits per heavy atom. The molecule has 0 aliphatic carbocycles. The van der Waals surface area contributed by atoms with E-state index in [0.29, 0.717) is 26.8 Å². The Morgan fingerprint density at radius 1 is 1.23 bits per heavy atom. The first-order chi connectivity index (χ1) is 16.7. The number of non-ortho nitro benzene ring substituents is 1. The molecule has 2 aromatic carbocycles. The van der Waals surface area contributed by atoms with Crippen molar-refractivity contribution < 1.29 is 24.0 Å². The number of anilines is 1. The number of hydrogen-bond acceptors (Lipinski definition) is 8. The highest BCUT2D eigenvalue weighted by Crippen LogP contribution is 2.45. The van der Waals surface area contributed by atoms with Gasteiger partial charge in [-0.15, -0.1) is 0 Å². The second-order valence-corrected chi connectivity index (χ2v) is 9.35. The fourth-order valence-corrected chi connectivity index (χ4v) is 5.46. The van der Waals surface area contributed by atoms with Crippen LogP contribution in [0.2, 0.25) is 5.02 Å². The molecule has 0 bridgehead atoms. The number of carbonyl (C=O) groups excluding carboxylic acids is 2. The van der Waals surface area contributed by atoms with Gasteiger partial charge in [-0.3, -0.25) is 24.6 Å². The van der Waals surface area contributed by atoms with Gasteiger partial charge in [0.15, 0.2) is 16.7 Å². The smallest absolute Gasteiger partial charge is 0.296 e. The number of para-hydroxylation sites is 1. The Balaban J connectivity index is 1.72. The van der Waals surface area contributed by atoms with Crippen LogP contribution in [0.25, 0.3) is 10.2 Å². The minimum Gasteiger partial charge on any atom is -0.503 e. The van der Waals surface area contributed by atoms with Gasteiger partial charge in [-0.1, -0.05) is 41.1 Å². The van der Waals surface area contributed by atoms with E-state index in [1.165, 1.54) is 29.2 Å². The van der Waals surface area contributed by atoms with E-state index in [4.69, 9.17) is 16.0 Å². The zero-order chi connectivity index (χ0) is 25.0. The number of nitro groups is 1. The first-order valence-electron chi connectivity index (χ1n) is 10.3. The van der Waals surface area contributed by atoms with Gasteiger partial charge >= 0.3 is 0 Å². The van der Waals surface area contributed by atoms with Gasteiger partial charge in [0.2, 0.25) is 0 Å². The first kappa shape index (κ1) is 22.8. The number of halogens is 1. The lowest BCUT2D eigenvalue weighted by Crippen LogP contribution is -2.31. The topological polar surface area (TPSA) is 127 Å². The van der Waals surface area contributed by atoms with Gasteiger partial charge in [0, 0.05) is 12.1 Å². The van der Waals surface area contributed by atoms with Crippen molar-refractivity contribution in [3.05, 3.63) is 97.6 Å². The lowest BCUT2D eigenvalue weighted by atomic mass is 9.92. The molecule has 0 saturated carbocycles. The minimum atomic E-state index is -1.16. The maximum absolute atomic E-state index is 13.6. The predicted octanol–water partition coefficient (Wildman–Crippen LogP) is 5.85. The maximum Gasteiger partial charge on any atom is 0.296 e. The number of hydrogen-bond donors (Lipinski definition) is 1. The highest BCUT2D eigenvalue weighted by atomic mass is 35.5. The van der Waals surface area contributed by atoms with Crippen molar-refractivity contribution in [3.63, 3.8) is 0 Å². The number of ketones is 1. The number of rotatable bonds is 5. The van der Waals surface area contributed by atoms with E-state index in [9.17, 15) is 24.8 Å². The van der Waals surface area contributed by atoms with Crippen LogP contribution in [0.1, 0.15) is 33.5 Å². The molecule has 11 heteroatoms. The van der Waals surface area contributed by atoms with E-state index in [1.54, 1.807) is 38.1 Å². The van der Waals surface area contributed by atoms with Gasteiger partial charge in [-0.05, 0) is 37.6 Å². The highest BCUT2D eigenvalue weighted by molar-refractivity contribution is 7.22. The van der Waals surface area contributed by atoms with E-state index in [2.05, 4.69) is 4.98 Å². The SMILES string of the molecule is Cc1cc(C(=O)C2=C(O)C(=O)N(c3nc4c(Cl)cccc4s3)C2c2cccc([N+](=O)[O-])c2)c(C)o1. The van der Waals surface area contributed by atoms with Gasteiger partial charge in [-0.25, -0.2) is 4.98 Å². The van der Waals surface area contributed by atoms with Crippen molar-refractivity contribution in [2.75, 3.05) is 4.90 Å². The Hall–Kier alpha value is -4.02. The van der Waals surface area contributed by atoms with Crippen LogP contribution >= 0.6 is 22.9 Å². The monoisotopic (exact) mass is 509 g/mol. The molecule has 3 heterocycles. The summed E-state index contributed by atoms with van der Waals surface area (Å²) in [5.74, 6) is -1.42. The molecule has 176 valence electrons. The molecular formula is C24H16ClN3O6S.